The van der Waals surface area contributed by atoms with Crippen LogP contribution >= 0.6 is 0 Å². The molecule has 0 radical (unpaired) electrons. The van der Waals surface area contributed by atoms with E-state index in [2.05, 4.69) is 0 Å². The van der Waals surface area contributed by atoms with Crippen molar-refractivity contribution in [2.45, 2.75) is 19.8 Å². The van der Waals surface area contributed by atoms with E-state index >= 15 is 0 Å². The molecule has 8 heteroatoms. The van der Waals surface area contributed by atoms with Gasteiger partial charge < -0.3 is 13.6 Å². The number of rotatable bonds is 2. The largest absolute Gasteiger partial charge is 0.456 e. The van der Waals surface area contributed by atoms with Crippen molar-refractivity contribution in [3.8, 4) is 11.5 Å². The second-order valence-electron chi connectivity index (χ2n) is 6.23. The molecule has 1 aliphatic heterocycles. The number of aryl methyl sites for hydroxylation is 2. The van der Waals surface area contributed by atoms with Gasteiger partial charge in [-0.15, -0.1) is 0 Å². The molecule has 0 N–H and O–H groups in total. The number of fused-ring (bicyclic) bond motifs is 2. The van der Waals surface area contributed by atoms with E-state index in [-0.39, 0.29) is 28.3 Å². The molecular formula is C19H13NO7. The molecule has 0 amide bonds. The van der Waals surface area contributed by atoms with Gasteiger partial charge in [0.1, 0.15) is 23.0 Å². The quantitative estimate of drug-likeness (QED) is 0.394. The van der Waals surface area contributed by atoms with Crippen molar-refractivity contribution in [1.82, 2.24) is 0 Å². The van der Waals surface area contributed by atoms with E-state index in [9.17, 15) is 19.7 Å². The lowest BCUT2D eigenvalue weighted by molar-refractivity contribution is -0.384. The number of benzene rings is 1. The second kappa shape index (κ2) is 5.94. The molecule has 27 heavy (non-hydrogen) atoms. The van der Waals surface area contributed by atoms with Gasteiger partial charge in [-0.05, 0) is 19.4 Å². The van der Waals surface area contributed by atoms with Crippen LogP contribution in [-0.2, 0) is 0 Å². The van der Waals surface area contributed by atoms with Crippen LogP contribution in [-0.4, -0.2) is 4.92 Å². The van der Waals surface area contributed by atoms with Gasteiger partial charge in [-0.2, -0.15) is 0 Å². The molecule has 0 saturated carbocycles. The first-order valence-corrected chi connectivity index (χ1v) is 8.06. The van der Waals surface area contributed by atoms with Crippen LogP contribution in [0.3, 0.4) is 0 Å². The smallest absolute Gasteiger partial charge is 0.343 e. The average Bonchev–Trinajstić information content (AvgIpc) is 2.59. The molecule has 0 unspecified atom stereocenters. The Hall–Kier alpha value is -3.68. The van der Waals surface area contributed by atoms with Crippen molar-refractivity contribution in [2.24, 2.45) is 0 Å². The van der Waals surface area contributed by atoms with Crippen molar-refractivity contribution < 1.29 is 18.5 Å². The zero-order valence-electron chi connectivity index (χ0n) is 14.3. The number of nitro benzene ring substituents is 1. The summed E-state index contributed by atoms with van der Waals surface area (Å²) in [6, 6.07) is 8.85. The number of nitro groups is 1. The first-order valence-electron chi connectivity index (χ1n) is 8.06. The highest BCUT2D eigenvalue weighted by atomic mass is 16.6. The van der Waals surface area contributed by atoms with Crippen LogP contribution in [0.2, 0.25) is 0 Å². The maximum atomic E-state index is 12.6. The Balaban J connectivity index is 2.07. The molecule has 1 aliphatic rings. The van der Waals surface area contributed by atoms with Crippen LogP contribution in [0.25, 0.3) is 0 Å². The highest BCUT2D eigenvalue weighted by Gasteiger charge is 2.36. The number of nitrogens with zero attached hydrogens (tertiary/aromatic N) is 1. The molecule has 0 fully saturated rings. The lowest BCUT2D eigenvalue weighted by Gasteiger charge is -2.26. The van der Waals surface area contributed by atoms with Gasteiger partial charge in [0, 0.05) is 24.3 Å². The Kier molecular flexibility index (Phi) is 3.69. The van der Waals surface area contributed by atoms with E-state index in [1.165, 1.54) is 18.2 Å². The van der Waals surface area contributed by atoms with Crippen LogP contribution in [0, 0.1) is 24.0 Å². The summed E-state index contributed by atoms with van der Waals surface area (Å²) in [5.41, 5.74) is -0.911. The molecule has 3 aromatic rings. The number of hydrogen-bond acceptors (Lipinski definition) is 7. The van der Waals surface area contributed by atoms with Gasteiger partial charge in [0.2, 0.25) is 0 Å². The Labute approximate surface area is 151 Å². The van der Waals surface area contributed by atoms with Crippen molar-refractivity contribution in [1.29, 1.82) is 0 Å². The van der Waals surface area contributed by atoms with E-state index in [0.717, 1.165) is 0 Å². The Morgan fingerprint density at radius 2 is 1.48 bits per heavy atom. The average molecular weight is 367 g/mol. The molecule has 0 atom stereocenters. The lowest BCUT2D eigenvalue weighted by atomic mass is 9.84. The van der Waals surface area contributed by atoms with Gasteiger partial charge in [0.05, 0.1) is 22.0 Å². The monoisotopic (exact) mass is 367 g/mol. The molecular weight excluding hydrogens is 354 g/mol. The van der Waals surface area contributed by atoms with Crippen LogP contribution in [0.1, 0.15) is 34.1 Å². The van der Waals surface area contributed by atoms with Crippen molar-refractivity contribution >= 4 is 5.69 Å². The summed E-state index contributed by atoms with van der Waals surface area (Å²) in [6.07, 6.45) is 0. The maximum absolute atomic E-state index is 12.6. The predicted octanol–water partition coefficient (Wildman–Crippen LogP) is 3.40. The fraction of sp³-hybridized carbons (Fsp3) is 0.158. The Morgan fingerprint density at radius 3 is 2.00 bits per heavy atom. The zero-order valence-corrected chi connectivity index (χ0v) is 14.3. The zero-order chi connectivity index (χ0) is 19.3. The maximum Gasteiger partial charge on any atom is 0.343 e. The third kappa shape index (κ3) is 2.71. The summed E-state index contributed by atoms with van der Waals surface area (Å²) in [4.78, 5) is 35.8. The third-order valence-corrected chi connectivity index (χ3v) is 4.36. The summed E-state index contributed by atoms with van der Waals surface area (Å²) in [6.45, 7) is 3.21. The topological polar surface area (TPSA) is 113 Å². The van der Waals surface area contributed by atoms with Gasteiger partial charge in [-0.1, -0.05) is 12.1 Å². The van der Waals surface area contributed by atoms with E-state index < -0.39 is 22.1 Å². The minimum atomic E-state index is -0.905. The fourth-order valence-corrected chi connectivity index (χ4v) is 3.29. The fourth-order valence-electron chi connectivity index (χ4n) is 3.29. The summed E-state index contributed by atoms with van der Waals surface area (Å²) < 4.78 is 16.1. The van der Waals surface area contributed by atoms with Crippen molar-refractivity contribution in [2.75, 3.05) is 0 Å². The van der Waals surface area contributed by atoms with Crippen LogP contribution in [0.5, 0.6) is 11.5 Å². The summed E-state index contributed by atoms with van der Waals surface area (Å²) >= 11 is 0. The third-order valence-electron chi connectivity index (χ3n) is 4.36. The van der Waals surface area contributed by atoms with Crippen molar-refractivity contribution in [3.63, 3.8) is 0 Å². The minimum absolute atomic E-state index is 0.102. The van der Waals surface area contributed by atoms with Gasteiger partial charge >= 0.3 is 11.3 Å². The number of hydrogen-bond donors (Lipinski definition) is 0. The molecule has 136 valence electrons. The SMILES string of the molecule is Cc1cc2c(c(=O)o1)C(c1cccc([N+](=O)[O-])c1)c1c(cc(C)oc1=O)O2. The van der Waals surface area contributed by atoms with Crippen LogP contribution in [0.4, 0.5) is 5.69 Å². The van der Waals surface area contributed by atoms with E-state index in [1.54, 1.807) is 32.0 Å². The number of ether oxygens (including phenoxy) is 1. The van der Waals surface area contributed by atoms with E-state index in [0.29, 0.717) is 17.1 Å². The van der Waals surface area contributed by atoms with Crippen LogP contribution in [0.15, 0.2) is 54.8 Å². The summed E-state index contributed by atoms with van der Waals surface area (Å²) in [7, 11) is 0. The highest BCUT2D eigenvalue weighted by Crippen LogP contribution is 2.45. The molecule has 1 aromatic carbocycles. The second-order valence-corrected chi connectivity index (χ2v) is 6.23. The molecule has 0 saturated heterocycles. The highest BCUT2D eigenvalue weighted by molar-refractivity contribution is 5.57. The Bertz CT molecular complexity index is 1140. The molecule has 2 aromatic heterocycles. The van der Waals surface area contributed by atoms with Gasteiger partial charge in [0.15, 0.2) is 0 Å². The standard InChI is InChI=1S/C19H13NO7/c1-9-6-13-16(18(21)25-9)15(11-4-3-5-12(8-11)20(23)24)17-14(27-13)7-10(2)26-19(17)22/h3-8,15H,1-2H3. The first kappa shape index (κ1) is 16.8. The Morgan fingerprint density at radius 1 is 0.926 bits per heavy atom. The van der Waals surface area contributed by atoms with Gasteiger partial charge in [-0.25, -0.2) is 9.59 Å². The van der Waals surface area contributed by atoms with Crippen molar-refractivity contribution in [3.05, 3.63) is 95.6 Å². The molecule has 4 rings (SSSR count). The van der Waals surface area contributed by atoms with Crippen LogP contribution < -0.4 is 16.0 Å². The first-order chi connectivity index (χ1) is 12.8. The molecule has 8 nitrogen and oxygen atoms in total. The molecule has 3 heterocycles. The molecule has 0 aliphatic carbocycles. The molecule has 0 bridgehead atoms. The summed E-state index contributed by atoms with van der Waals surface area (Å²) in [5, 5.41) is 11.2. The molecule has 0 spiro atoms. The van der Waals surface area contributed by atoms with E-state index in [4.69, 9.17) is 13.6 Å². The minimum Gasteiger partial charge on any atom is -0.456 e. The van der Waals surface area contributed by atoms with Gasteiger partial charge in [-0.3, -0.25) is 10.1 Å². The van der Waals surface area contributed by atoms with E-state index in [1.807, 2.05) is 0 Å². The number of non-ortho nitro benzene ring substituents is 1. The lowest BCUT2D eigenvalue weighted by Crippen LogP contribution is -2.26. The van der Waals surface area contributed by atoms with Gasteiger partial charge in [0.25, 0.3) is 5.69 Å². The predicted molar refractivity (Wildman–Crippen MR) is 93.5 cm³/mol. The summed E-state index contributed by atoms with van der Waals surface area (Å²) in [5.74, 6) is 0.284. The normalized spacial score (nSPS) is 12.8.